The number of alkyl halides is 1. The topological polar surface area (TPSA) is 26.3 Å². The average Bonchev–Trinajstić information content (AvgIpc) is 2.19. The molecular formula is C14H19ClO2. The number of hydrogen-bond donors (Lipinski definition) is 0. The fraction of sp³-hybridized carbons (Fsp3) is 0.500. The Morgan fingerprint density at radius 3 is 2.29 bits per heavy atom. The Morgan fingerprint density at radius 1 is 1.29 bits per heavy atom. The largest absolute Gasteiger partial charge is 0.459 e. The molecule has 0 saturated carbocycles. The Hall–Kier alpha value is -1.02. The molecule has 1 aromatic carbocycles. The summed E-state index contributed by atoms with van der Waals surface area (Å²) < 4.78 is 5.22. The lowest BCUT2D eigenvalue weighted by atomic mass is 10.1. The predicted molar refractivity (Wildman–Crippen MR) is 70.4 cm³/mol. The van der Waals surface area contributed by atoms with Crippen LogP contribution in [-0.2, 0) is 16.0 Å². The van der Waals surface area contributed by atoms with Gasteiger partial charge in [-0.25, -0.2) is 0 Å². The van der Waals surface area contributed by atoms with Crippen LogP contribution in [0.4, 0.5) is 0 Å². The van der Waals surface area contributed by atoms with Crippen molar-refractivity contribution in [1.82, 2.24) is 0 Å². The van der Waals surface area contributed by atoms with E-state index >= 15 is 0 Å². The second kappa shape index (κ2) is 5.54. The molecule has 0 N–H and O–H groups in total. The molecule has 3 heteroatoms. The SMILES string of the molecule is Cc1ccc(C[C@H](Cl)C(=O)OC(C)(C)C)cc1. The number of carbonyl (C=O) groups is 1. The van der Waals surface area contributed by atoms with E-state index in [4.69, 9.17) is 16.3 Å². The lowest BCUT2D eigenvalue weighted by Crippen LogP contribution is -2.30. The van der Waals surface area contributed by atoms with E-state index in [0.29, 0.717) is 6.42 Å². The maximum absolute atomic E-state index is 11.7. The van der Waals surface area contributed by atoms with E-state index < -0.39 is 11.0 Å². The third-order valence-electron chi connectivity index (χ3n) is 2.20. The quantitative estimate of drug-likeness (QED) is 0.610. The zero-order valence-corrected chi connectivity index (χ0v) is 11.5. The summed E-state index contributed by atoms with van der Waals surface area (Å²) in [5, 5.41) is -0.628. The molecule has 1 aromatic rings. The molecule has 17 heavy (non-hydrogen) atoms. The van der Waals surface area contributed by atoms with Gasteiger partial charge in [0.05, 0.1) is 0 Å². The Bertz CT molecular complexity index is 376. The molecule has 1 atom stereocenters. The number of ether oxygens (including phenoxy) is 1. The number of rotatable bonds is 3. The number of esters is 1. The molecule has 0 spiro atoms. The van der Waals surface area contributed by atoms with Gasteiger partial charge in [0.15, 0.2) is 0 Å². The molecule has 2 nitrogen and oxygen atoms in total. The third-order valence-corrected chi connectivity index (χ3v) is 2.53. The van der Waals surface area contributed by atoms with Gasteiger partial charge in [0.2, 0.25) is 0 Å². The molecule has 0 aliphatic rings. The summed E-state index contributed by atoms with van der Waals surface area (Å²) >= 11 is 6.04. The van der Waals surface area contributed by atoms with Crippen molar-refractivity contribution in [3.05, 3.63) is 35.4 Å². The summed E-state index contributed by atoms with van der Waals surface area (Å²) in [6, 6.07) is 7.98. The number of halogens is 1. The lowest BCUT2D eigenvalue weighted by molar-refractivity contribution is -0.154. The normalized spacial score (nSPS) is 13.2. The smallest absolute Gasteiger partial charge is 0.324 e. The predicted octanol–water partition coefficient (Wildman–Crippen LogP) is 3.49. The van der Waals surface area contributed by atoms with Gasteiger partial charge in [0.1, 0.15) is 11.0 Å². The molecule has 0 amide bonds. The number of benzene rings is 1. The van der Waals surface area contributed by atoms with Crippen molar-refractivity contribution in [2.75, 3.05) is 0 Å². The minimum atomic E-state index is -0.628. The highest BCUT2D eigenvalue weighted by Crippen LogP contribution is 2.15. The first-order valence-electron chi connectivity index (χ1n) is 5.70. The van der Waals surface area contributed by atoms with Crippen molar-refractivity contribution in [3.63, 3.8) is 0 Å². The van der Waals surface area contributed by atoms with E-state index in [0.717, 1.165) is 5.56 Å². The van der Waals surface area contributed by atoms with Gasteiger partial charge >= 0.3 is 5.97 Å². The van der Waals surface area contributed by atoms with E-state index in [-0.39, 0.29) is 5.97 Å². The molecule has 1 rings (SSSR count). The standard InChI is InChI=1S/C14H19ClO2/c1-10-5-7-11(8-6-10)9-12(15)13(16)17-14(2,3)4/h5-8,12H,9H2,1-4H3/t12-/m0/s1. The highest BCUT2D eigenvalue weighted by molar-refractivity contribution is 6.30. The minimum absolute atomic E-state index is 0.361. The zero-order chi connectivity index (χ0) is 13.1. The van der Waals surface area contributed by atoms with Crippen molar-refractivity contribution in [2.24, 2.45) is 0 Å². The number of hydrogen-bond acceptors (Lipinski definition) is 2. The molecule has 0 aliphatic carbocycles. The fourth-order valence-corrected chi connectivity index (χ4v) is 1.60. The van der Waals surface area contributed by atoms with E-state index in [1.807, 2.05) is 52.0 Å². The van der Waals surface area contributed by atoms with Crippen molar-refractivity contribution < 1.29 is 9.53 Å². The van der Waals surface area contributed by atoms with Gasteiger partial charge in [0, 0.05) is 0 Å². The van der Waals surface area contributed by atoms with Crippen LogP contribution in [0.5, 0.6) is 0 Å². The molecule has 0 fully saturated rings. The van der Waals surface area contributed by atoms with Crippen LogP contribution in [0.3, 0.4) is 0 Å². The average molecular weight is 255 g/mol. The Balaban J connectivity index is 2.57. The summed E-state index contributed by atoms with van der Waals surface area (Å²) in [5.41, 5.74) is 1.75. The van der Waals surface area contributed by atoms with Gasteiger partial charge < -0.3 is 4.74 Å². The van der Waals surface area contributed by atoms with Crippen molar-refractivity contribution in [3.8, 4) is 0 Å². The molecule has 0 radical (unpaired) electrons. The summed E-state index contributed by atoms with van der Waals surface area (Å²) in [5.74, 6) is -0.361. The van der Waals surface area contributed by atoms with Crippen LogP contribution in [-0.4, -0.2) is 16.9 Å². The monoisotopic (exact) mass is 254 g/mol. The molecule has 94 valence electrons. The minimum Gasteiger partial charge on any atom is -0.459 e. The van der Waals surface area contributed by atoms with Crippen molar-refractivity contribution in [2.45, 2.75) is 45.1 Å². The summed E-state index contributed by atoms with van der Waals surface area (Å²) in [6.45, 7) is 7.52. The van der Waals surface area contributed by atoms with E-state index in [1.54, 1.807) is 0 Å². The summed E-state index contributed by atoms with van der Waals surface area (Å²) in [4.78, 5) is 11.7. The van der Waals surface area contributed by atoms with E-state index in [1.165, 1.54) is 5.56 Å². The molecule has 0 bridgehead atoms. The number of aryl methyl sites for hydroxylation is 1. The Morgan fingerprint density at radius 2 is 1.82 bits per heavy atom. The van der Waals surface area contributed by atoms with E-state index in [2.05, 4.69) is 0 Å². The van der Waals surface area contributed by atoms with Gasteiger partial charge in [-0.2, -0.15) is 0 Å². The summed E-state index contributed by atoms with van der Waals surface area (Å²) in [7, 11) is 0. The maximum Gasteiger partial charge on any atom is 0.324 e. The lowest BCUT2D eigenvalue weighted by Gasteiger charge is -2.21. The van der Waals surface area contributed by atoms with Crippen LogP contribution in [0.15, 0.2) is 24.3 Å². The highest BCUT2D eigenvalue weighted by Gasteiger charge is 2.23. The molecule has 0 unspecified atom stereocenters. The molecule has 0 aromatic heterocycles. The van der Waals surface area contributed by atoms with Crippen molar-refractivity contribution >= 4 is 17.6 Å². The fourth-order valence-electron chi connectivity index (χ4n) is 1.38. The van der Waals surface area contributed by atoms with Gasteiger partial charge in [-0.3, -0.25) is 4.79 Å². The van der Waals surface area contributed by atoms with Crippen LogP contribution in [0.2, 0.25) is 0 Å². The molecule has 0 saturated heterocycles. The highest BCUT2D eigenvalue weighted by atomic mass is 35.5. The maximum atomic E-state index is 11.7. The zero-order valence-electron chi connectivity index (χ0n) is 10.8. The van der Waals surface area contributed by atoms with Crippen LogP contribution in [0, 0.1) is 6.92 Å². The first kappa shape index (κ1) is 14.0. The third kappa shape index (κ3) is 5.22. The van der Waals surface area contributed by atoms with Crippen LogP contribution < -0.4 is 0 Å². The van der Waals surface area contributed by atoms with Crippen molar-refractivity contribution in [1.29, 1.82) is 0 Å². The van der Waals surface area contributed by atoms with Gasteiger partial charge in [-0.15, -0.1) is 11.6 Å². The second-order valence-electron chi connectivity index (χ2n) is 5.19. The van der Waals surface area contributed by atoms with E-state index in [9.17, 15) is 4.79 Å². The van der Waals surface area contributed by atoms with Crippen LogP contribution in [0.1, 0.15) is 31.9 Å². The van der Waals surface area contributed by atoms with Gasteiger partial charge in [-0.05, 0) is 39.7 Å². The molecular weight excluding hydrogens is 236 g/mol. The Labute approximate surface area is 108 Å². The van der Waals surface area contributed by atoms with Crippen LogP contribution >= 0.6 is 11.6 Å². The van der Waals surface area contributed by atoms with Gasteiger partial charge in [-0.1, -0.05) is 29.8 Å². The van der Waals surface area contributed by atoms with Gasteiger partial charge in [0.25, 0.3) is 0 Å². The van der Waals surface area contributed by atoms with Crippen LogP contribution in [0.25, 0.3) is 0 Å². The second-order valence-corrected chi connectivity index (χ2v) is 5.72. The number of carbonyl (C=O) groups excluding carboxylic acids is 1. The molecule has 0 aliphatic heterocycles. The first-order valence-corrected chi connectivity index (χ1v) is 6.14. The Kier molecular flexibility index (Phi) is 4.58. The summed E-state index contributed by atoms with van der Waals surface area (Å²) in [6.07, 6.45) is 0.497. The molecule has 0 heterocycles. The first-order chi connectivity index (χ1) is 7.78.